The number of hydrogen-bond acceptors (Lipinski definition) is 3. The lowest BCUT2D eigenvalue weighted by Gasteiger charge is -2.27. The van der Waals surface area contributed by atoms with Gasteiger partial charge in [-0.15, -0.1) is 11.8 Å². The second-order valence-corrected chi connectivity index (χ2v) is 5.58. The molecule has 0 amide bonds. The normalized spacial score (nSPS) is 29.5. The van der Waals surface area contributed by atoms with Gasteiger partial charge in [0.15, 0.2) is 0 Å². The summed E-state index contributed by atoms with van der Waals surface area (Å²) in [5.74, 6) is 1.06. The molecule has 0 bridgehead atoms. The van der Waals surface area contributed by atoms with Gasteiger partial charge in [0.1, 0.15) is 0 Å². The minimum atomic E-state index is -0.109. The van der Waals surface area contributed by atoms with Gasteiger partial charge < -0.3 is 10.5 Å². The molecule has 2 atom stereocenters. The number of ether oxygens (including phenoxy) is 1. The molecule has 1 aliphatic rings. The maximum Gasteiger partial charge on any atom is 0.0727 e. The molecule has 1 fully saturated rings. The van der Waals surface area contributed by atoms with Crippen molar-refractivity contribution in [3.05, 3.63) is 30.3 Å². The lowest BCUT2D eigenvalue weighted by atomic mass is 9.91. The average Bonchev–Trinajstić information content (AvgIpc) is 2.61. The van der Waals surface area contributed by atoms with Crippen LogP contribution in [-0.4, -0.2) is 24.0 Å². The summed E-state index contributed by atoms with van der Waals surface area (Å²) in [5, 5.41) is 0. The fraction of sp³-hybridized carbons (Fsp3) is 0.538. The van der Waals surface area contributed by atoms with Gasteiger partial charge in [-0.05, 0) is 37.7 Å². The minimum Gasteiger partial charge on any atom is -0.377 e. The highest BCUT2D eigenvalue weighted by Gasteiger charge is 2.36. The number of nitrogens with two attached hydrogens (primary N) is 1. The zero-order valence-electron chi connectivity index (χ0n) is 9.69. The van der Waals surface area contributed by atoms with E-state index in [4.69, 9.17) is 10.5 Å². The van der Waals surface area contributed by atoms with E-state index in [-0.39, 0.29) is 11.6 Å². The van der Waals surface area contributed by atoms with Crippen LogP contribution in [0.4, 0.5) is 0 Å². The van der Waals surface area contributed by atoms with Gasteiger partial charge in [0.2, 0.25) is 0 Å². The highest BCUT2D eigenvalue weighted by molar-refractivity contribution is 7.99. The standard InChI is InChI=1S/C13H19NOS/c1-11-13(14,7-9-15-11)8-10-16-12-5-3-2-4-6-12/h2-6,11H,7-10,14H2,1H3. The Kier molecular flexibility index (Phi) is 3.90. The number of rotatable bonds is 4. The van der Waals surface area contributed by atoms with E-state index in [2.05, 4.69) is 31.2 Å². The maximum atomic E-state index is 6.33. The predicted octanol–water partition coefficient (Wildman–Crippen LogP) is 2.68. The summed E-state index contributed by atoms with van der Waals surface area (Å²) in [7, 11) is 0. The molecule has 1 aliphatic heterocycles. The Balaban J connectivity index is 1.80. The number of thioether (sulfide) groups is 1. The number of benzene rings is 1. The Labute approximate surface area is 102 Å². The van der Waals surface area contributed by atoms with Crippen molar-refractivity contribution in [1.29, 1.82) is 0 Å². The van der Waals surface area contributed by atoms with Crippen LogP contribution in [0.15, 0.2) is 35.2 Å². The van der Waals surface area contributed by atoms with E-state index in [0.29, 0.717) is 0 Å². The van der Waals surface area contributed by atoms with Crippen LogP contribution in [0.25, 0.3) is 0 Å². The highest BCUT2D eigenvalue weighted by atomic mass is 32.2. The molecule has 2 rings (SSSR count). The van der Waals surface area contributed by atoms with Crippen LogP contribution in [0, 0.1) is 0 Å². The highest BCUT2D eigenvalue weighted by Crippen LogP contribution is 2.29. The van der Waals surface area contributed by atoms with E-state index < -0.39 is 0 Å². The van der Waals surface area contributed by atoms with E-state index in [1.807, 2.05) is 17.8 Å². The van der Waals surface area contributed by atoms with E-state index in [9.17, 15) is 0 Å². The molecule has 2 unspecified atom stereocenters. The van der Waals surface area contributed by atoms with Crippen molar-refractivity contribution in [1.82, 2.24) is 0 Å². The van der Waals surface area contributed by atoms with Gasteiger partial charge in [0, 0.05) is 17.0 Å². The van der Waals surface area contributed by atoms with Crippen LogP contribution in [0.3, 0.4) is 0 Å². The van der Waals surface area contributed by atoms with Crippen molar-refractivity contribution in [2.75, 3.05) is 12.4 Å². The Morgan fingerprint density at radius 2 is 2.19 bits per heavy atom. The summed E-state index contributed by atoms with van der Waals surface area (Å²) in [6.07, 6.45) is 2.21. The summed E-state index contributed by atoms with van der Waals surface area (Å²) < 4.78 is 5.54. The van der Waals surface area contributed by atoms with Crippen LogP contribution < -0.4 is 5.73 Å². The molecule has 2 N–H and O–H groups in total. The van der Waals surface area contributed by atoms with Gasteiger partial charge >= 0.3 is 0 Å². The quantitative estimate of drug-likeness (QED) is 0.818. The third kappa shape index (κ3) is 2.78. The van der Waals surface area contributed by atoms with Crippen LogP contribution in [-0.2, 0) is 4.74 Å². The molecular formula is C13H19NOS. The molecule has 1 saturated heterocycles. The lowest BCUT2D eigenvalue weighted by molar-refractivity contribution is 0.0947. The first kappa shape index (κ1) is 12.0. The summed E-state index contributed by atoms with van der Waals surface area (Å²) >= 11 is 1.87. The molecule has 3 heteroatoms. The van der Waals surface area contributed by atoms with E-state index in [1.165, 1.54) is 4.90 Å². The van der Waals surface area contributed by atoms with Crippen molar-refractivity contribution in [2.45, 2.75) is 36.3 Å². The Morgan fingerprint density at radius 3 is 2.81 bits per heavy atom. The number of hydrogen-bond donors (Lipinski definition) is 1. The van der Waals surface area contributed by atoms with Crippen LogP contribution in [0.5, 0.6) is 0 Å². The summed E-state index contributed by atoms with van der Waals surface area (Å²) in [6.45, 7) is 2.90. The Hall–Kier alpha value is -0.510. The zero-order valence-corrected chi connectivity index (χ0v) is 10.5. The predicted molar refractivity (Wildman–Crippen MR) is 68.7 cm³/mol. The van der Waals surface area contributed by atoms with Gasteiger partial charge in [0.25, 0.3) is 0 Å². The Morgan fingerprint density at radius 1 is 1.44 bits per heavy atom. The van der Waals surface area contributed by atoms with Gasteiger partial charge in [-0.1, -0.05) is 18.2 Å². The topological polar surface area (TPSA) is 35.2 Å². The fourth-order valence-corrected chi connectivity index (χ4v) is 3.07. The molecule has 0 aromatic heterocycles. The summed E-state index contributed by atoms with van der Waals surface area (Å²) in [5.41, 5.74) is 6.22. The molecule has 2 nitrogen and oxygen atoms in total. The maximum absolute atomic E-state index is 6.33. The SMILES string of the molecule is CC1OCCC1(N)CCSc1ccccc1. The van der Waals surface area contributed by atoms with Crippen LogP contribution in [0.1, 0.15) is 19.8 Å². The molecule has 1 aromatic rings. The summed E-state index contributed by atoms with van der Waals surface area (Å²) in [4.78, 5) is 1.32. The molecular weight excluding hydrogens is 218 g/mol. The lowest BCUT2D eigenvalue weighted by Crippen LogP contribution is -2.46. The van der Waals surface area contributed by atoms with Crippen molar-refractivity contribution >= 4 is 11.8 Å². The first-order chi connectivity index (χ1) is 7.71. The van der Waals surface area contributed by atoms with Gasteiger partial charge in [-0.25, -0.2) is 0 Å². The smallest absolute Gasteiger partial charge is 0.0727 e. The van der Waals surface area contributed by atoms with Crippen molar-refractivity contribution in [3.63, 3.8) is 0 Å². The molecule has 1 heterocycles. The van der Waals surface area contributed by atoms with Crippen LogP contribution in [0.2, 0.25) is 0 Å². The van der Waals surface area contributed by atoms with Crippen molar-refractivity contribution in [2.24, 2.45) is 5.73 Å². The third-order valence-electron chi connectivity index (χ3n) is 3.32. The molecule has 0 spiro atoms. The fourth-order valence-electron chi connectivity index (χ4n) is 2.00. The van der Waals surface area contributed by atoms with E-state index in [1.54, 1.807) is 0 Å². The second-order valence-electron chi connectivity index (χ2n) is 4.41. The minimum absolute atomic E-state index is 0.109. The van der Waals surface area contributed by atoms with E-state index >= 15 is 0 Å². The van der Waals surface area contributed by atoms with Gasteiger partial charge in [-0.2, -0.15) is 0 Å². The first-order valence-electron chi connectivity index (χ1n) is 5.79. The van der Waals surface area contributed by atoms with E-state index in [0.717, 1.165) is 25.2 Å². The average molecular weight is 237 g/mol. The largest absolute Gasteiger partial charge is 0.377 e. The molecule has 0 saturated carbocycles. The molecule has 0 radical (unpaired) electrons. The molecule has 88 valence electrons. The third-order valence-corrected chi connectivity index (χ3v) is 4.34. The van der Waals surface area contributed by atoms with Crippen molar-refractivity contribution in [3.8, 4) is 0 Å². The van der Waals surface area contributed by atoms with Gasteiger partial charge in [0.05, 0.1) is 6.10 Å². The first-order valence-corrected chi connectivity index (χ1v) is 6.78. The van der Waals surface area contributed by atoms with Crippen molar-refractivity contribution < 1.29 is 4.74 Å². The second kappa shape index (κ2) is 5.21. The Bertz CT molecular complexity index is 330. The molecule has 1 aromatic carbocycles. The zero-order chi connectivity index (χ0) is 11.4. The van der Waals surface area contributed by atoms with Gasteiger partial charge in [-0.3, -0.25) is 0 Å². The summed E-state index contributed by atoms with van der Waals surface area (Å²) in [6, 6.07) is 10.5. The molecule has 16 heavy (non-hydrogen) atoms. The molecule has 0 aliphatic carbocycles. The monoisotopic (exact) mass is 237 g/mol. The van der Waals surface area contributed by atoms with Crippen LogP contribution >= 0.6 is 11.8 Å².